The number of ether oxygens (including phenoxy) is 1. The van der Waals surface area contributed by atoms with E-state index in [4.69, 9.17) is 4.74 Å². The van der Waals surface area contributed by atoms with Gasteiger partial charge in [-0.2, -0.15) is 0 Å². The summed E-state index contributed by atoms with van der Waals surface area (Å²) in [5, 5.41) is 0. The molecule has 0 N–H and O–H groups in total. The number of aryl methyl sites for hydroxylation is 1. The molecule has 2 aliphatic heterocycles. The van der Waals surface area contributed by atoms with Crippen LogP contribution in [0.25, 0.3) is 11.3 Å². The molecule has 0 spiro atoms. The molecular formula is C47H42N2O. The molecule has 9 rings (SSSR count). The first-order valence-electron chi connectivity index (χ1n) is 18.1. The summed E-state index contributed by atoms with van der Waals surface area (Å²) in [5.74, 6) is 1.40. The summed E-state index contributed by atoms with van der Waals surface area (Å²) < 4.78 is 6.91. The van der Waals surface area contributed by atoms with E-state index in [2.05, 4.69) is 174 Å². The minimum atomic E-state index is 0.108. The van der Waals surface area contributed by atoms with Crippen molar-refractivity contribution in [3.05, 3.63) is 191 Å². The zero-order valence-corrected chi connectivity index (χ0v) is 28.6. The molecular weight excluding hydrogens is 609 g/mol. The lowest BCUT2D eigenvalue weighted by atomic mass is 9.78. The third-order valence-corrected chi connectivity index (χ3v) is 10.9. The van der Waals surface area contributed by atoms with Crippen LogP contribution in [0.1, 0.15) is 58.6 Å². The van der Waals surface area contributed by atoms with E-state index in [9.17, 15) is 0 Å². The Bertz CT molecular complexity index is 2120. The standard InChI is InChI=1S/C47H42N2O/c1-33-24-26-42-44(30-33)50-45-32-38(25-27-43(45)49(42)40-21-9-4-10-22-40)37-19-13-20-39(31-37)47(48-29-28-34-14-11-12-23-41(34)48)46(35-15-5-2-6-16-35)36-17-7-3-8-18-36/h2-24,26,30-31,38,43,45H,25,27-29,32H2,1H3. The third-order valence-electron chi connectivity index (χ3n) is 10.9. The summed E-state index contributed by atoms with van der Waals surface area (Å²) in [5.41, 5.74) is 14.0. The SMILES string of the molecule is Cc1ccc2c(c1)OC1CC(c3cccc(C(=C(c4ccccc4)c4ccccc4)N4CCc5ccccc54)c3)CCC1N2c1ccccc1. The molecule has 2 heterocycles. The van der Waals surface area contributed by atoms with Gasteiger partial charge >= 0.3 is 0 Å². The topological polar surface area (TPSA) is 15.7 Å². The highest BCUT2D eigenvalue weighted by molar-refractivity contribution is 6.04. The van der Waals surface area contributed by atoms with Gasteiger partial charge in [0.05, 0.1) is 17.4 Å². The molecule has 6 aromatic rings. The van der Waals surface area contributed by atoms with Crippen LogP contribution in [-0.4, -0.2) is 18.7 Å². The molecule has 0 saturated heterocycles. The minimum Gasteiger partial charge on any atom is -0.486 e. The van der Waals surface area contributed by atoms with Crippen molar-refractivity contribution < 1.29 is 4.74 Å². The van der Waals surface area contributed by atoms with Gasteiger partial charge in [-0.1, -0.05) is 121 Å². The first kappa shape index (κ1) is 30.5. The van der Waals surface area contributed by atoms with Crippen LogP contribution in [0.2, 0.25) is 0 Å². The molecule has 3 nitrogen and oxygen atoms in total. The van der Waals surface area contributed by atoms with Crippen molar-refractivity contribution in [2.75, 3.05) is 16.3 Å². The molecule has 1 aliphatic carbocycles. The Kier molecular flexibility index (Phi) is 7.97. The fraction of sp³-hybridized carbons (Fsp3) is 0.191. The molecule has 1 fully saturated rings. The van der Waals surface area contributed by atoms with Gasteiger partial charge in [0.25, 0.3) is 0 Å². The molecule has 6 aromatic carbocycles. The maximum Gasteiger partial charge on any atom is 0.143 e. The Morgan fingerprint density at radius 3 is 2.06 bits per heavy atom. The van der Waals surface area contributed by atoms with Gasteiger partial charge in [0.15, 0.2) is 0 Å². The highest BCUT2D eigenvalue weighted by Gasteiger charge is 2.41. The predicted molar refractivity (Wildman–Crippen MR) is 207 cm³/mol. The Balaban J connectivity index is 1.13. The maximum absolute atomic E-state index is 6.91. The monoisotopic (exact) mass is 650 g/mol. The number of fused-ring (bicyclic) bond motifs is 3. The van der Waals surface area contributed by atoms with Crippen molar-refractivity contribution in [2.45, 2.75) is 50.7 Å². The summed E-state index contributed by atoms with van der Waals surface area (Å²) in [4.78, 5) is 5.12. The van der Waals surface area contributed by atoms with E-state index in [0.717, 1.165) is 38.0 Å². The molecule has 0 aromatic heterocycles. The van der Waals surface area contributed by atoms with Gasteiger partial charge in [-0.05, 0) is 108 Å². The molecule has 3 unspecified atom stereocenters. The van der Waals surface area contributed by atoms with Gasteiger partial charge in [0, 0.05) is 23.5 Å². The van der Waals surface area contributed by atoms with Gasteiger partial charge in [-0.3, -0.25) is 0 Å². The highest BCUT2D eigenvalue weighted by atomic mass is 16.5. The van der Waals surface area contributed by atoms with Crippen molar-refractivity contribution in [1.29, 1.82) is 0 Å². The van der Waals surface area contributed by atoms with Gasteiger partial charge < -0.3 is 14.5 Å². The van der Waals surface area contributed by atoms with E-state index in [1.54, 1.807) is 0 Å². The van der Waals surface area contributed by atoms with E-state index < -0.39 is 0 Å². The Hall–Kier alpha value is -5.54. The average molecular weight is 651 g/mol. The Labute approximate surface area is 296 Å². The van der Waals surface area contributed by atoms with Crippen molar-refractivity contribution in [1.82, 2.24) is 0 Å². The van der Waals surface area contributed by atoms with E-state index in [-0.39, 0.29) is 6.10 Å². The van der Waals surface area contributed by atoms with Crippen LogP contribution in [0, 0.1) is 6.92 Å². The average Bonchev–Trinajstić information content (AvgIpc) is 3.60. The highest BCUT2D eigenvalue weighted by Crippen LogP contribution is 2.48. The van der Waals surface area contributed by atoms with Crippen molar-refractivity contribution >= 4 is 28.3 Å². The molecule has 3 atom stereocenters. The summed E-state index contributed by atoms with van der Waals surface area (Å²) in [6.07, 6.45) is 4.33. The number of anilines is 3. The Morgan fingerprint density at radius 1 is 0.620 bits per heavy atom. The predicted octanol–water partition coefficient (Wildman–Crippen LogP) is 11.2. The van der Waals surface area contributed by atoms with E-state index in [1.807, 2.05) is 0 Å². The molecule has 0 radical (unpaired) electrons. The first-order valence-corrected chi connectivity index (χ1v) is 18.1. The zero-order valence-electron chi connectivity index (χ0n) is 28.6. The van der Waals surface area contributed by atoms with Crippen LogP contribution < -0.4 is 14.5 Å². The van der Waals surface area contributed by atoms with Gasteiger partial charge in [-0.25, -0.2) is 0 Å². The molecule has 0 amide bonds. The normalized spacial score (nSPS) is 19.2. The van der Waals surface area contributed by atoms with Crippen molar-refractivity contribution in [3.63, 3.8) is 0 Å². The second kappa shape index (κ2) is 13.1. The van der Waals surface area contributed by atoms with Crippen LogP contribution in [0.15, 0.2) is 158 Å². The van der Waals surface area contributed by atoms with Crippen LogP contribution in [0.4, 0.5) is 17.1 Å². The van der Waals surface area contributed by atoms with Crippen LogP contribution in [0.5, 0.6) is 5.75 Å². The number of hydrogen-bond acceptors (Lipinski definition) is 3. The summed E-state index contributed by atoms with van der Waals surface area (Å²) in [6, 6.07) is 58.1. The van der Waals surface area contributed by atoms with Gasteiger partial charge in [0.1, 0.15) is 11.9 Å². The van der Waals surface area contributed by atoms with Crippen molar-refractivity contribution in [2.24, 2.45) is 0 Å². The Morgan fingerprint density at radius 2 is 1.30 bits per heavy atom. The fourth-order valence-electron chi connectivity index (χ4n) is 8.61. The maximum atomic E-state index is 6.91. The second-order valence-electron chi connectivity index (χ2n) is 14.0. The first-order chi connectivity index (χ1) is 24.7. The van der Waals surface area contributed by atoms with E-state index in [1.165, 1.54) is 61.7 Å². The summed E-state index contributed by atoms with van der Waals surface area (Å²) in [6.45, 7) is 3.11. The number of benzene rings is 6. The van der Waals surface area contributed by atoms with Crippen LogP contribution in [0.3, 0.4) is 0 Å². The smallest absolute Gasteiger partial charge is 0.143 e. The third kappa shape index (κ3) is 5.57. The van der Waals surface area contributed by atoms with Gasteiger partial charge in [0.2, 0.25) is 0 Å². The molecule has 1 saturated carbocycles. The van der Waals surface area contributed by atoms with Crippen molar-refractivity contribution in [3.8, 4) is 5.75 Å². The quantitative estimate of drug-likeness (QED) is 0.167. The number of para-hydroxylation sites is 2. The lowest BCUT2D eigenvalue weighted by Gasteiger charge is -2.47. The summed E-state index contributed by atoms with van der Waals surface area (Å²) >= 11 is 0. The number of hydrogen-bond donors (Lipinski definition) is 0. The van der Waals surface area contributed by atoms with E-state index >= 15 is 0 Å². The molecule has 246 valence electrons. The largest absolute Gasteiger partial charge is 0.486 e. The molecule has 3 aliphatic rings. The zero-order chi connectivity index (χ0) is 33.4. The lowest BCUT2D eigenvalue weighted by Crippen LogP contribution is -2.50. The molecule has 3 heteroatoms. The van der Waals surface area contributed by atoms with E-state index in [0.29, 0.717) is 12.0 Å². The number of nitrogens with zero attached hydrogens (tertiary/aromatic N) is 2. The molecule has 0 bridgehead atoms. The minimum absolute atomic E-state index is 0.108. The van der Waals surface area contributed by atoms with Gasteiger partial charge in [-0.15, -0.1) is 0 Å². The fourth-order valence-corrected chi connectivity index (χ4v) is 8.61. The second-order valence-corrected chi connectivity index (χ2v) is 14.0. The van der Waals surface area contributed by atoms with Crippen LogP contribution in [-0.2, 0) is 6.42 Å². The summed E-state index contributed by atoms with van der Waals surface area (Å²) in [7, 11) is 0. The molecule has 50 heavy (non-hydrogen) atoms. The number of rotatable bonds is 6. The van der Waals surface area contributed by atoms with Crippen LogP contribution >= 0.6 is 0 Å². The lowest BCUT2D eigenvalue weighted by molar-refractivity contribution is 0.109.